The summed E-state index contributed by atoms with van der Waals surface area (Å²) in [7, 11) is 0. The van der Waals surface area contributed by atoms with Gasteiger partial charge in [-0.15, -0.1) is 0 Å². The molecule has 340 valence electrons. The van der Waals surface area contributed by atoms with E-state index in [4.69, 9.17) is 9.47 Å². The first-order valence-corrected chi connectivity index (χ1v) is 24.2. The van der Waals surface area contributed by atoms with Crippen molar-refractivity contribution >= 4 is 5.91 Å². The molecule has 0 aromatic rings. The second-order valence-electron chi connectivity index (χ2n) is 16.9. The van der Waals surface area contributed by atoms with Crippen molar-refractivity contribution in [3.8, 4) is 0 Å². The summed E-state index contributed by atoms with van der Waals surface area (Å²) in [6.45, 7) is 3.76. The molecule has 1 heterocycles. The number of unbranched alkanes of at least 4 members (excludes halogenated alkanes) is 26. The maximum Gasteiger partial charge on any atom is 0.220 e. The first-order valence-electron chi connectivity index (χ1n) is 24.2. The lowest BCUT2D eigenvalue weighted by atomic mass is 9.99. The molecule has 1 fully saturated rings. The molecule has 7 unspecified atom stereocenters. The van der Waals surface area contributed by atoms with Gasteiger partial charge in [-0.25, -0.2) is 0 Å². The van der Waals surface area contributed by atoms with Gasteiger partial charge in [0.1, 0.15) is 24.4 Å². The van der Waals surface area contributed by atoms with Crippen molar-refractivity contribution in [3.05, 3.63) is 36.5 Å². The Balaban J connectivity index is 2.37. The highest BCUT2D eigenvalue weighted by atomic mass is 16.7. The maximum absolute atomic E-state index is 13.0. The highest BCUT2D eigenvalue weighted by Crippen LogP contribution is 2.22. The Morgan fingerprint density at radius 2 is 0.983 bits per heavy atom. The van der Waals surface area contributed by atoms with Crippen molar-refractivity contribution < 1.29 is 39.8 Å². The molecular weight excluding hydrogens is 731 g/mol. The van der Waals surface area contributed by atoms with Gasteiger partial charge in [-0.05, 0) is 44.9 Å². The Labute approximate surface area is 355 Å². The lowest BCUT2D eigenvalue weighted by molar-refractivity contribution is -0.302. The first-order chi connectivity index (χ1) is 28.3. The van der Waals surface area contributed by atoms with Gasteiger partial charge in [-0.1, -0.05) is 198 Å². The SMILES string of the molecule is CCCCCCCCCCCC/C=C/CC/C=C/CC/C=C/C(O)C(COC1OC(CO)C(O)C(O)C1O)NC(=O)CCCCCCCCCCCCCCCCC. The van der Waals surface area contributed by atoms with Gasteiger partial charge in [-0.3, -0.25) is 4.79 Å². The van der Waals surface area contributed by atoms with Gasteiger partial charge in [0.05, 0.1) is 25.4 Å². The lowest BCUT2D eigenvalue weighted by Crippen LogP contribution is -2.60. The molecule has 1 saturated heterocycles. The monoisotopic (exact) mass is 822 g/mol. The average molecular weight is 822 g/mol. The number of aliphatic hydroxyl groups is 5. The molecule has 0 radical (unpaired) electrons. The van der Waals surface area contributed by atoms with Crippen LogP contribution in [0.3, 0.4) is 0 Å². The van der Waals surface area contributed by atoms with E-state index in [0.29, 0.717) is 6.42 Å². The first kappa shape index (κ1) is 54.4. The van der Waals surface area contributed by atoms with E-state index in [9.17, 15) is 30.3 Å². The van der Waals surface area contributed by atoms with E-state index >= 15 is 0 Å². The van der Waals surface area contributed by atoms with Crippen LogP contribution < -0.4 is 5.32 Å². The minimum absolute atomic E-state index is 0.190. The van der Waals surface area contributed by atoms with Gasteiger partial charge in [0, 0.05) is 6.42 Å². The fraction of sp³-hybridized carbons (Fsp3) is 0.857. The Bertz CT molecular complexity index is 1000. The molecule has 1 aliphatic rings. The van der Waals surface area contributed by atoms with E-state index in [1.54, 1.807) is 6.08 Å². The zero-order valence-electron chi connectivity index (χ0n) is 37.3. The number of ether oxygens (including phenoxy) is 2. The highest BCUT2D eigenvalue weighted by Gasteiger charge is 2.44. The predicted molar refractivity (Wildman–Crippen MR) is 240 cm³/mol. The number of allylic oxidation sites excluding steroid dienone is 5. The molecule has 9 nitrogen and oxygen atoms in total. The van der Waals surface area contributed by atoms with Gasteiger partial charge in [-0.2, -0.15) is 0 Å². The van der Waals surface area contributed by atoms with E-state index in [0.717, 1.165) is 44.9 Å². The maximum atomic E-state index is 13.0. The third kappa shape index (κ3) is 29.6. The number of hydrogen-bond donors (Lipinski definition) is 6. The summed E-state index contributed by atoms with van der Waals surface area (Å²) in [5.41, 5.74) is 0. The van der Waals surface area contributed by atoms with E-state index < -0.39 is 49.5 Å². The summed E-state index contributed by atoms with van der Waals surface area (Å²) in [6.07, 6.45) is 41.9. The topological polar surface area (TPSA) is 149 Å². The van der Waals surface area contributed by atoms with Gasteiger partial charge < -0.3 is 40.3 Å². The van der Waals surface area contributed by atoms with E-state index in [1.165, 1.54) is 148 Å². The van der Waals surface area contributed by atoms with Crippen LogP contribution in [-0.4, -0.2) is 87.5 Å². The van der Waals surface area contributed by atoms with E-state index in [1.807, 2.05) is 6.08 Å². The van der Waals surface area contributed by atoms with Crippen molar-refractivity contribution in [1.29, 1.82) is 0 Å². The summed E-state index contributed by atoms with van der Waals surface area (Å²) in [5, 5.41) is 54.2. The van der Waals surface area contributed by atoms with E-state index in [-0.39, 0.29) is 12.5 Å². The standard InChI is InChI=1S/C49H91NO8/c1-3-5-7-9-11-13-15-17-19-20-21-22-23-25-26-28-30-32-34-36-38-43(52)42(41-57-49-48(56)47(55)46(54)44(40-51)58-49)50-45(53)39-37-35-33-31-29-27-24-18-16-14-12-10-8-6-4-2/h22-23,28,30,36,38,42-44,46-49,51-52,54-56H,3-21,24-27,29,31-35,37,39-41H2,1-2H3,(H,50,53)/b23-22+,30-28+,38-36+. The molecule has 1 amide bonds. The summed E-state index contributed by atoms with van der Waals surface area (Å²) >= 11 is 0. The van der Waals surface area contributed by atoms with Crippen molar-refractivity contribution in [1.82, 2.24) is 5.32 Å². The fourth-order valence-corrected chi connectivity index (χ4v) is 7.54. The third-order valence-corrected chi connectivity index (χ3v) is 11.4. The molecule has 58 heavy (non-hydrogen) atoms. The van der Waals surface area contributed by atoms with Crippen molar-refractivity contribution in [2.45, 2.75) is 256 Å². The van der Waals surface area contributed by atoms with Gasteiger partial charge in [0.25, 0.3) is 0 Å². The van der Waals surface area contributed by atoms with Gasteiger partial charge in [0.15, 0.2) is 6.29 Å². The number of aliphatic hydroxyl groups excluding tert-OH is 5. The Kier molecular flexibility index (Phi) is 37.1. The van der Waals surface area contributed by atoms with Crippen molar-refractivity contribution in [2.24, 2.45) is 0 Å². The molecular formula is C49H91NO8. The fourth-order valence-electron chi connectivity index (χ4n) is 7.54. The minimum atomic E-state index is -1.57. The largest absolute Gasteiger partial charge is 0.394 e. The zero-order chi connectivity index (χ0) is 42.3. The number of carbonyl (C=O) groups excluding carboxylic acids is 1. The molecule has 0 bridgehead atoms. The summed E-state index contributed by atoms with van der Waals surface area (Å²) in [6, 6.07) is -0.824. The number of rotatable bonds is 40. The molecule has 9 heteroatoms. The van der Waals surface area contributed by atoms with Crippen LogP contribution in [0, 0.1) is 0 Å². The number of carbonyl (C=O) groups is 1. The number of amides is 1. The van der Waals surface area contributed by atoms with Crippen LogP contribution >= 0.6 is 0 Å². The number of nitrogens with one attached hydrogen (secondary N) is 1. The predicted octanol–water partition coefficient (Wildman–Crippen LogP) is 10.5. The van der Waals surface area contributed by atoms with Crippen LogP contribution in [0.5, 0.6) is 0 Å². The molecule has 7 atom stereocenters. The summed E-state index contributed by atoms with van der Waals surface area (Å²) in [5.74, 6) is -0.190. The lowest BCUT2D eigenvalue weighted by Gasteiger charge is -2.40. The highest BCUT2D eigenvalue weighted by molar-refractivity contribution is 5.76. The van der Waals surface area contributed by atoms with Crippen LogP contribution in [-0.2, 0) is 14.3 Å². The van der Waals surface area contributed by atoms with Crippen LogP contribution in [0.2, 0.25) is 0 Å². The molecule has 0 aliphatic carbocycles. The second kappa shape index (κ2) is 39.5. The smallest absolute Gasteiger partial charge is 0.220 e. The third-order valence-electron chi connectivity index (χ3n) is 11.4. The van der Waals surface area contributed by atoms with Crippen molar-refractivity contribution in [3.63, 3.8) is 0 Å². The molecule has 0 aromatic heterocycles. The van der Waals surface area contributed by atoms with Gasteiger partial charge in [0.2, 0.25) is 5.91 Å². The summed E-state index contributed by atoms with van der Waals surface area (Å²) < 4.78 is 11.2. The zero-order valence-corrected chi connectivity index (χ0v) is 37.3. The van der Waals surface area contributed by atoms with Crippen molar-refractivity contribution in [2.75, 3.05) is 13.2 Å². The minimum Gasteiger partial charge on any atom is -0.394 e. The van der Waals surface area contributed by atoms with E-state index in [2.05, 4.69) is 43.5 Å². The summed E-state index contributed by atoms with van der Waals surface area (Å²) in [4.78, 5) is 13.0. The second-order valence-corrected chi connectivity index (χ2v) is 16.9. The molecule has 1 rings (SSSR count). The van der Waals surface area contributed by atoms with Crippen LogP contribution in [0.4, 0.5) is 0 Å². The quantitative estimate of drug-likeness (QED) is 0.0264. The normalized spacial score (nSPS) is 21.1. The van der Waals surface area contributed by atoms with Crippen LogP contribution in [0.15, 0.2) is 36.5 Å². The van der Waals surface area contributed by atoms with Crippen LogP contribution in [0.1, 0.15) is 213 Å². The Morgan fingerprint density at radius 3 is 1.45 bits per heavy atom. The molecule has 0 spiro atoms. The molecule has 1 aliphatic heterocycles. The number of hydrogen-bond acceptors (Lipinski definition) is 8. The molecule has 6 N–H and O–H groups in total. The molecule has 0 aromatic carbocycles. The Hall–Kier alpha value is -1.59. The van der Waals surface area contributed by atoms with Crippen LogP contribution in [0.25, 0.3) is 0 Å². The molecule has 0 saturated carbocycles. The van der Waals surface area contributed by atoms with Gasteiger partial charge >= 0.3 is 0 Å². The average Bonchev–Trinajstić information content (AvgIpc) is 3.22. The Morgan fingerprint density at radius 1 is 0.569 bits per heavy atom.